The Hall–Kier alpha value is -1.51. The predicted molar refractivity (Wildman–Crippen MR) is 245 cm³/mol. The van der Waals surface area contributed by atoms with E-state index in [2.05, 4.69) is 38.2 Å². The number of hydrogen-bond acceptors (Lipinski definition) is 8. The summed E-state index contributed by atoms with van der Waals surface area (Å²) in [5.74, 6) is -0.862. The third kappa shape index (κ3) is 45.8. The molecule has 0 radical (unpaired) electrons. The summed E-state index contributed by atoms with van der Waals surface area (Å²) >= 11 is 0. The van der Waals surface area contributed by atoms with E-state index >= 15 is 0 Å². The van der Waals surface area contributed by atoms with Gasteiger partial charge in [-0.2, -0.15) is 0 Å². The number of hydrogen-bond donors (Lipinski definition) is 0. The number of carbonyl (C=O) groups excluding carboxylic acids is 2. The van der Waals surface area contributed by atoms with E-state index in [9.17, 15) is 19.0 Å². The van der Waals surface area contributed by atoms with E-state index in [-0.39, 0.29) is 32.0 Å². The van der Waals surface area contributed by atoms with Gasteiger partial charge in [0.15, 0.2) is 6.10 Å². The number of likely N-dealkylation sites (N-methyl/N-ethyl adjacent to an activating group) is 1. The molecular weight excluding hydrogens is 762 g/mol. The number of phosphoric ester groups is 1. The van der Waals surface area contributed by atoms with E-state index < -0.39 is 26.5 Å². The highest BCUT2D eigenvalue weighted by Gasteiger charge is 2.21. The largest absolute Gasteiger partial charge is 0.756 e. The van der Waals surface area contributed by atoms with Crippen LogP contribution < -0.4 is 4.89 Å². The first-order valence-corrected chi connectivity index (χ1v) is 26.0. The number of unbranched alkanes of at least 4 members (excludes halogenated alkanes) is 27. The zero-order valence-electron chi connectivity index (χ0n) is 39.2. The Morgan fingerprint density at radius 3 is 1.37 bits per heavy atom. The van der Waals surface area contributed by atoms with Crippen LogP contribution in [0.3, 0.4) is 0 Å². The number of allylic oxidation sites excluding steroid dienone is 4. The van der Waals surface area contributed by atoms with E-state index in [1.54, 1.807) is 0 Å². The van der Waals surface area contributed by atoms with Crippen LogP contribution in [-0.2, 0) is 32.7 Å². The minimum Gasteiger partial charge on any atom is -0.756 e. The Balaban J connectivity index is 4.27. The first kappa shape index (κ1) is 57.5. The fourth-order valence-corrected chi connectivity index (χ4v) is 7.59. The molecule has 9 nitrogen and oxygen atoms in total. The molecule has 0 aliphatic carbocycles. The lowest BCUT2D eigenvalue weighted by Crippen LogP contribution is -2.37. The minimum atomic E-state index is -4.63. The van der Waals surface area contributed by atoms with Gasteiger partial charge in [0.2, 0.25) is 0 Å². The summed E-state index contributed by atoms with van der Waals surface area (Å²) in [5, 5.41) is 0. The molecule has 0 saturated heterocycles. The molecule has 348 valence electrons. The second kappa shape index (κ2) is 41.8. The van der Waals surface area contributed by atoms with Crippen LogP contribution in [-0.4, -0.2) is 70.0 Å². The molecule has 0 bridgehead atoms. The van der Waals surface area contributed by atoms with Gasteiger partial charge in [-0.25, -0.2) is 0 Å². The van der Waals surface area contributed by atoms with Crippen molar-refractivity contribution < 1.29 is 42.1 Å². The van der Waals surface area contributed by atoms with E-state index in [1.807, 2.05) is 21.1 Å². The third-order valence-corrected chi connectivity index (χ3v) is 11.7. The molecule has 0 rings (SSSR count). The number of phosphoric acid groups is 1. The zero-order valence-corrected chi connectivity index (χ0v) is 40.1. The van der Waals surface area contributed by atoms with Gasteiger partial charge in [-0.3, -0.25) is 14.2 Å². The van der Waals surface area contributed by atoms with Crippen molar-refractivity contribution in [2.45, 2.75) is 232 Å². The summed E-state index contributed by atoms with van der Waals surface area (Å²) in [5.41, 5.74) is 0. The normalized spacial score (nSPS) is 13.7. The van der Waals surface area contributed by atoms with Crippen molar-refractivity contribution in [2.24, 2.45) is 0 Å². The van der Waals surface area contributed by atoms with Crippen molar-refractivity contribution in [3.63, 3.8) is 0 Å². The van der Waals surface area contributed by atoms with Gasteiger partial charge < -0.3 is 27.9 Å². The smallest absolute Gasteiger partial charge is 0.306 e. The second-order valence-corrected chi connectivity index (χ2v) is 19.2. The van der Waals surface area contributed by atoms with Crippen LogP contribution in [0, 0.1) is 0 Å². The lowest BCUT2D eigenvalue weighted by molar-refractivity contribution is -0.870. The maximum Gasteiger partial charge on any atom is 0.306 e. The highest BCUT2D eigenvalue weighted by atomic mass is 31.2. The molecule has 0 aromatic heterocycles. The Morgan fingerprint density at radius 2 is 0.915 bits per heavy atom. The van der Waals surface area contributed by atoms with Gasteiger partial charge in [0, 0.05) is 12.8 Å². The van der Waals surface area contributed by atoms with Crippen LogP contribution in [0.2, 0.25) is 0 Å². The SMILES string of the molecule is CCCCCCCC/C=C/C/C=C/CCCCC(=O)O[C@H](COC(=O)CCCCCCCCCCCCCCCCCCCCCC)COP(=O)([O-])OCC[N+](C)(C)C. The van der Waals surface area contributed by atoms with Crippen molar-refractivity contribution >= 4 is 19.8 Å². The lowest BCUT2D eigenvalue weighted by Gasteiger charge is -2.28. The molecule has 0 aliphatic rings. The van der Waals surface area contributed by atoms with Crippen LogP contribution in [0.5, 0.6) is 0 Å². The van der Waals surface area contributed by atoms with Gasteiger partial charge in [0.1, 0.15) is 19.8 Å². The summed E-state index contributed by atoms with van der Waals surface area (Å²) in [6, 6.07) is 0. The molecule has 0 aromatic carbocycles. The standard InChI is InChI=1S/C49H94NO8P/c1-6-8-10-12-14-16-18-20-22-23-24-25-26-28-29-31-33-35-37-39-41-48(51)55-45-47(46-57-59(53,54)56-44-43-50(3,4)5)58-49(52)42-40-38-36-34-32-30-27-21-19-17-15-13-11-9-7-2/h21,27,32,34,47H,6-20,22-26,28-31,33,35-46H2,1-5H3/b27-21+,34-32+/t47-/m1/s1. The molecule has 10 heteroatoms. The lowest BCUT2D eigenvalue weighted by atomic mass is 10.0. The molecule has 0 N–H and O–H groups in total. The fraction of sp³-hybridized carbons (Fsp3) is 0.878. The van der Waals surface area contributed by atoms with Crippen molar-refractivity contribution in [1.29, 1.82) is 0 Å². The van der Waals surface area contributed by atoms with Crippen molar-refractivity contribution in [3.8, 4) is 0 Å². The predicted octanol–water partition coefficient (Wildman–Crippen LogP) is 13.7. The number of ether oxygens (including phenoxy) is 2. The van der Waals surface area contributed by atoms with Gasteiger partial charge in [-0.15, -0.1) is 0 Å². The Morgan fingerprint density at radius 1 is 0.525 bits per heavy atom. The molecule has 0 saturated carbocycles. The van der Waals surface area contributed by atoms with Gasteiger partial charge in [-0.1, -0.05) is 192 Å². The van der Waals surface area contributed by atoms with E-state index in [0.29, 0.717) is 17.4 Å². The topological polar surface area (TPSA) is 111 Å². The molecule has 2 atom stereocenters. The van der Waals surface area contributed by atoms with Crippen molar-refractivity contribution in [1.82, 2.24) is 0 Å². The molecule has 0 heterocycles. The maximum absolute atomic E-state index is 12.7. The van der Waals surface area contributed by atoms with Gasteiger partial charge in [0.25, 0.3) is 7.82 Å². The first-order chi connectivity index (χ1) is 28.5. The van der Waals surface area contributed by atoms with Crippen LogP contribution in [0.15, 0.2) is 24.3 Å². The van der Waals surface area contributed by atoms with E-state index in [4.69, 9.17) is 18.5 Å². The monoisotopic (exact) mass is 856 g/mol. The number of quaternary nitrogens is 1. The highest BCUT2D eigenvalue weighted by molar-refractivity contribution is 7.45. The number of rotatable bonds is 45. The van der Waals surface area contributed by atoms with Crippen LogP contribution in [0.1, 0.15) is 226 Å². The molecule has 0 aliphatic heterocycles. The molecular formula is C49H94NO8P. The zero-order chi connectivity index (χ0) is 43.6. The van der Waals surface area contributed by atoms with Crippen LogP contribution in [0.4, 0.5) is 0 Å². The van der Waals surface area contributed by atoms with E-state index in [0.717, 1.165) is 44.9 Å². The molecule has 1 unspecified atom stereocenters. The van der Waals surface area contributed by atoms with Crippen molar-refractivity contribution in [3.05, 3.63) is 24.3 Å². The van der Waals surface area contributed by atoms with Gasteiger partial charge in [-0.05, 0) is 44.9 Å². The fourth-order valence-electron chi connectivity index (χ4n) is 6.86. The number of carbonyl (C=O) groups is 2. The summed E-state index contributed by atoms with van der Waals surface area (Å²) in [4.78, 5) is 37.6. The van der Waals surface area contributed by atoms with Crippen LogP contribution in [0.25, 0.3) is 0 Å². The summed E-state index contributed by atoms with van der Waals surface area (Å²) in [6.45, 7) is 4.22. The second-order valence-electron chi connectivity index (χ2n) is 17.8. The van der Waals surface area contributed by atoms with E-state index in [1.165, 1.54) is 148 Å². The average Bonchev–Trinajstić information content (AvgIpc) is 3.19. The quantitative estimate of drug-likeness (QED) is 0.0196. The van der Waals surface area contributed by atoms with Crippen LogP contribution >= 0.6 is 7.82 Å². The van der Waals surface area contributed by atoms with Gasteiger partial charge in [0.05, 0.1) is 27.7 Å². The highest BCUT2D eigenvalue weighted by Crippen LogP contribution is 2.38. The molecule has 59 heavy (non-hydrogen) atoms. The van der Waals surface area contributed by atoms with Gasteiger partial charge >= 0.3 is 11.9 Å². The molecule has 0 aromatic rings. The molecule has 0 fully saturated rings. The Kier molecular flexibility index (Phi) is 40.8. The number of nitrogens with zero attached hydrogens (tertiary/aromatic N) is 1. The average molecular weight is 856 g/mol. The maximum atomic E-state index is 12.7. The minimum absolute atomic E-state index is 0.0346. The first-order valence-electron chi connectivity index (χ1n) is 24.5. The third-order valence-electron chi connectivity index (χ3n) is 10.7. The summed E-state index contributed by atoms with van der Waals surface area (Å²) < 4.78 is 33.9. The summed E-state index contributed by atoms with van der Waals surface area (Å²) in [7, 11) is 1.15. The number of esters is 2. The Labute approximate surface area is 364 Å². The Bertz CT molecular complexity index is 1060. The molecule has 0 amide bonds. The molecule has 0 spiro atoms. The van der Waals surface area contributed by atoms with Crippen molar-refractivity contribution in [2.75, 3.05) is 47.5 Å². The summed E-state index contributed by atoms with van der Waals surface area (Å²) in [6.07, 6.45) is 46.4.